The summed E-state index contributed by atoms with van der Waals surface area (Å²) in [6.07, 6.45) is 7.30. The Labute approximate surface area is 180 Å². The van der Waals surface area contributed by atoms with Crippen LogP contribution in [-0.4, -0.2) is 25.8 Å². The molecule has 0 radical (unpaired) electrons. The summed E-state index contributed by atoms with van der Waals surface area (Å²) in [5, 5.41) is 1.72. The lowest BCUT2D eigenvalue weighted by Gasteiger charge is -2.23. The van der Waals surface area contributed by atoms with Gasteiger partial charge < -0.3 is 4.74 Å². The number of sulfone groups is 1. The smallest absolute Gasteiger partial charge is 0.209 e. The number of ether oxygens (including phenoxy) is 1. The van der Waals surface area contributed by atoms with Crippen molar-refractivity contribution in [3.8, 4) is 5.75 Å². The normalized spacial score (nSPS) is 15.5. The molecule has 0 bridgehead atoms. The number of halogens is 1. The Kier molecular flexibility index (Phi) is 6.04. The zero-order chi connectivity index (χ0) is 20.4. The van der Waals surface area contributed by atoms with Crippen LogP contribution in [0.5, 0.6) is 5.75 Å². The predicted molar refractivity (Wildman–Crippen MR) is 118 cm³/mol. The first-order valence-electron chi connectivity index (χ1n) is 9.63. The standard InChI is InChI=1S/C22H22ClNO3S2/c1-27-16-9-12-20-19(13-16)22(28-17-5-3-2-4-6-17)21(14-24-20)29(25,26)18-10-7-15(23)8-11-18/h7-14,17H,2-6H2,1H3. The average Bonchev–Trinajstić information content (AvgIpc) is 2.74. The van der Waals surface area contributed by atoms with E-state index in [0.717, 1.165) is 28.6 Å². The van der Waals surface area contributed by atoms with Crippen LogP contribution in [0.1, 0.15) is 32.1 Å². The molecule has 152 valence electrons. The minimum Gasteiger partial charge on any atom is -0.497 e. The zero-order valence-electron chi connectivity index (χ0n) is 16.1. The molecule has 0 atom stereocenters. The fourth-order valence-electron chi connectivity index (χ4n) is 3.66. The molecule has 0 N–H and O–H groups in total. The number of nitrogens with zero attached hydrogens (tertiary/aromatic N) is 1. The van der Waals surface area contributed by atoms with Crippen LogP contribution < -0.4 is 4.74 Å². The summed E-state index contributed by atoms with van der Waals surface area (Å²) in [7, 11) is -2.12. The Morgan fingerprint density at radius 2 is 1.79 bits per heavy atom. The average molecular weight is 448 g/mol. The first-order valence-corrected chi connectivity index (χ1v) is 12.4. The summed E-state index contributed by atoms with van der Waals surface area (Å²) in [5.74, 6) is 0.686. The molecule has 4 rings (SSSR count). The molecule has 2 aromatic carbocycles. The van der Waals surface area contributed by atoms with Crippen molar-refractivity contribution in [2.45, 2.75) is 52.0 Å². The number of aromatic nitrogens is 1. The lowest BCUT2D eigenvalue weighted by atomic mass is 10.0. The van der Waals surface area contributed by atoms with E-state index in [4.69, 9.17) is 16.3 Å². The maximum atomic E-state index is 13.5. The maximum Gasteiger partial charge on any atom is 0.209 e. The Balaban J connectivity index is 1.89. The topological polar surface area (TPSA) is 56.3 Å². The number of hydrogen-bond donors (Lipinski definition) is 0. The summed E-state index contributed by atoms with van der Waals surface area (Å²) < 4.78 is 32.3. The van der Waals surface area contributed by atoms with Gasteiger partial charge in [0, 0.05) is 26.8 Å². The van der Waals surface area contributed by atoms with Crippen LogP contribution in [0, 0.1) is 0 Å². The summed E-state index contributed by atoms with van der Waals surface area (Å²) in [6.45, 7) is 0. The van der Waals surface area contributed by atoms with Crippen LogP contribution in [0.4, 0.5) is 0 Å². The highest BCUT2D eigenvalue weighted by molar-refractivity contribution is 8.01. The summed E-state index contributed by atoms with van der Waals surface area (Å²) >= 11 is 7.62. The van der Waals surface area contributed by atoms with Crippen molar-refractivity contribution in [1.29, 1.82) is 0 Å². The van der Waals surface area contributed by atoms with Gasteiger partial charge in [0.1, 0.15) is 10.6 Å². The lowest BCUT2D eigenvalue weighted by Crippen LogP contribution is -2.10. The van der Waals surface area contributed by atoms with E-state index in [1.165, 1.54) is 25.5 Å². The molecule has 1 fully saturated rings. The Bertz CT molecular complexity index is 1120. The second-order valence-electron chi connectivity index (χ2n) is 7.17. The minimum absolute atomic E-state index is 0.219. The van der Waals surface area contributed by atoms with Gasteiger partial charge in [-0.3, -0.25) is 4.98 Å². The first kappa shape index (κ1) is 20.5. The molecule has 0 unspecified atom stereocenters. The monoisotopic (exact) mass is 447 g/mol. The predicted octanol–water partition coefficient (Wildman–Crippen LogP) is 6.15. The van der Waals surface area contributed by atoms with Gasteiger partial charge in [0.2, 0.25) is 9.84 Å². The maximum absolute atomic E-state index is 13.5. The van der Waals surface area contributed by atoms with E-state index in [0.29, 0.717) is 16.0 Å². The molecular formula is C22H22ClNO3S2. The van der Waals surface area contributed by atoms with Crippen LogP contribution in [0.15, 0.2) is 63.3 Å². The molecule has 0 spiro atoms. The van der Waals surface area contributed by atoms with E-state index in [2.05, 4.69) is 4.98 Å². The molecule has 3 aromatic rings. The molecular weight excluding hydrogens is 426 g/mol. The third-order valence-electron chi connectivity index (χ3n) is 5.24. The van der Waals surface area contributed by atoms with Crippen molar-refractivity contribution in [1.82, 2.24) is 4.98 Å². The second-order valence-corrected chi connectivity index (χ2v) is 10.8. The largest absolute Gasteiger partial charge is 0.497 e. The van der Waals surface area contributed by atoms with Gasteiger partial charge in [-0.05, 0) is 55.3 Å². The number of benzene rings is 2. The van der Waals surface area contributed by atoms with Crippen LogP contribution >= 0.6 is 23.4 Å². The Morgan fingerprint density at radius 3 is 2.48 bits per heavy atom. The van der Waals surface area contributed by atoms with Crippen molar-refractivity contribution in [2.75, 3.05) is 7.11 Å². The molecule has 1 aromatic heterocycles. The SMILES string of the molecule is COc1ccc2ncc(S(=O)(=O)c3ccc(Cl)cc3)c(SC3CCCCC3)c2c1. The Morgan fingerprint density at radius 1 is 1.07 bits per heavy atom. The highest BCUT2D eigenvalue weighted by Crippen LogP contribution is 2.42. The van der Waals surface area contributed by atoms with E-state index < -0.39 is 9.84 Å². The van der Waals surface area contributed by atoms with Crippen LogP contribution in [-0.2, 0) is 9.84 Å². The van der Waals surface area contributed by atoms with Crippen molar-refractivity contribution in [2.24, 2.45) is 0 Å². The minimum atomic E-state index is -3.73. The number of pyridine rings is 1. The number of fused-ring (bicyclic) bond motifs is 1. The van der Waals surface area contributed by atoms with Crippen molar-refractivity contribution in [3.05, 3.63) is 53.7 Å². The van der Waals surface area contributed by atoms with Gasteiger partial charge >= 0.3 is 0 Å². The van der Waals surface area contributed by atoms with E-state index >= 15 is 0 Å². The molecule has 1 saturated carbocycles. The van der Waals surface area contributed by atoms with Crippen molar-refractivity contribution in [3.63, 3.8) is 0 Å². The van der Waals surface area contributed by atoms with Crippen LogP contribution in [0.2, 0.25) is 5.02 Å². The first-order chi connectivity index (χ1) is 14.0. The van der Waals surface area contributed by atoms with E-state index in [-0.39, 0.29) is 9.79 Å². The molecule has 4 nitrogen and oxygen atoms in total. The van der Waals surface area contributed by atoms with Gasteiger partial charge in [-0.2, -0.15) is 0 Å². The van der Waals surface area contributed by atoms with E-state index in [9.17, 15) is 8.42 Å². The second kappa shape index (κ2) is 8.54. The highest BCUT2D eigenvalue weighted by Gasteiger charge is 2.27. The van der Waals surface area contributed by atoms with E-state index in [1.807, 2.05) is 18.2 Å². The molecule has 0 aliphatic heterocycles. The number of methoxy groups -OCH3 is 1. The van der Waals surface area contributed by atoms with Gasteiger partial charge in [-0.25, -0.2) is 8.42 Å². The number of thioether (sulfide) groups is 1. The summed E-state index contributed by atoms with van der Waals surface area (Å²) in [5.41, 5.74) is 0.763. The Hall–Kier alpha value is -1.76. The van der Waals surface area contributed by atoms with Crippen molar-refractivity contribution >= 4 is 44.1 Å². The van der Waals surface area contributed by atoms with Crippen molar-refractivity contribution < 1.29 is 13.2 Å². The number of hydrogen-bond acceptors (Lipinski definition) is 5. The van der Waals surface area contributed by atoms with Gasteiger partial charge in [0.15, 0.2) is 0 Å². The molecule has 0 saturated heterocycles. The quantitative estimate of drug-likeness (QED) is 0.469. The summed E-state index contributed by atoms with van der Waals surface area (Å²) in [4.78, 5) is 5.67. The third-order valence-corrected chi connectivity index (χ3v) is 8.89. The van der Waals surface area contributed by atoms with Gasteiger partial charge in [0.25, 0.3) is 0 Å². The lowest BCUT2D eigenvalue weighted by molar-refractivity contribution is 0.415. The van der Waals surface area contributed by atoms with Crippen LogP contribution in [0.3, 0.4) is 0 Å². The zero-order valence-corrected chi connectivity index (χ0v) is 18.5. The third kappa shape index (κ3) is 4.25. The molecule has 29 heavy (non-hydrogen) atoms. The summed E-state index contributed by atoms with van der Waals surface area (Å²) in [6, 6.07) is 11.9. The van der Waals surface area contributed by atoms with Gasteiger partial charge in [0.05, 0.1) is 17.5 Å². The van der Waals surface area contributed by atoms with E-state index in [1.54, 1.807) is 43.1 Å². The van der Waals surface area contributed by atoms with Gasteiger partial charge in [-0.1, -0.05) is 30.9 Å². The molecule has 1 aliphatic carbocycles. The fourth-order valence-corrected chi connectivity index (χ4v) is 6.91. The fraction of sp³-hybridized carbons (Fsp3) is 0.318. The molecule has 7 heteroatoms. The molecule has 1 heterocycles. The van der Waals surface area contributed by atoms with Gasteiger partial charge in [-0.15, -0.1) is 11.8 Å². The highest BCUT2D eigenvalue weighted by atomic mass is 35.5. The number of rotatable bonds is 5. The molecule has 0 amide bonds. The molecule has 1 aliphatic rings. The van der Waals surface area contributed by atoms with Crippen LogP contribution in [0.25, 0.3) is 10.9 Å².